The first kappa shape index (κ1) is 10.8. The molecule has 0 aromatic carbocycles. The molecule has 0 aliphatic carbocycles. The van der Waals surface area contributed by atoms with Crippen LogP contribution < -0.4 is 10.1 Å². The van der Waals surface area contributed by atoms with E-state index in [4.69, 9.17) is 9.84 Å². The van der Waals surface area contributed by atoms with Gasteiger partial charge in [0.05, 0.1) is 12.7 Å². The van der Waals surface area contributed by atoms with Crippen molar-refractivity contribution in [2.24, 2.45) is 0 Å². The van der Waals surface area contributed by atoms with Crippen LogP contribution in [0.5, 0.6) is 5.75 Å². The molecule has 0 spiro atoms. The minimum absolute atomic E-state index is 0.255. The predicted octanol–water partition coefficient (Wildman–Crippen LogP) is 1.49. The standard InChI is InChI=1S/C8H9BrN2O3/c9-7-2-1-6(5-11-7)14-4-3-10-8(12)13/h1-2,5,10H,3-4H2,(H,12,13). The van der Waals surface area contributed by atoms with Gasteiger partial charge in [-0.1, -0.05) is 0 Å². The van der Waals surface area contributed by atoms with Crippen LogP contribution in [0.2, 0.25) is 0 Å². The minimum Gasteiger partial charge on any atom is -0.490 e. The van der Waals surface area contributed by atoms with Gasteiger partial charge in [0.1, 0.15) is 17.0 Å². The molecule has 0 unspecified atom stereocenters. The van der Waals surface area contributed by atoms with Gasteiger partial charge < -0.3 is 15.2 Å². The van der Waals surface area contributed by atoms with Gasteiger partial charge >= 0.3 is 6.09 Å². The van der Waals surface area contributed by atoms with E-state index in [1.54, 1.807) is 18.3 Å². The number of nitrogens with zero attached hydrogens (tertiary/aromatic N) is 1. The van der Waals surface area contributed by atoms with Crippen LogP contribution in [-0.2, 0) is 0 Å². The monoisotopic (exact) mass is 260 g/mol. The number of halogens is 1. The summed E-state index contributed by atoms with van der Waals surface area (Å²) in [6.07, 6.45) is 0.507. The molecule has 2 N–H and O–H groups in total. The highest BCUT2D eigenvalue weighted by Gasteiger charge is 1.96. The molecule has 0 fully saturated rings. The normalized spacial score (nSPS) is 9.50. The molecule has 1 rings (SSSR count). The number of nitrogens with one attached hydrogen (secondary N) is 1. The summed E-state index contributed by atoms with van der Waals surface area (Å²) < 4.78 is 5.93. The van der Waals surface area contributed by atoms with Crippen molar-refractivity contribution in [3.63, 3.8) is 0 Å². The molecular formula is C8H9BrN2O3. The maximum atomic E-state index is 10.1. The highest BCUT2D eigenvalue weighted by atomic mass is 79.9. The summed E-state index contributed by atoms with van der Waals surface area (Å²) in [5.74, 6) is 0.611. The van der Waals surface area contributed by atoms with Crippen molar-refractivity contribution in [3.05, 3.63) is 22.9 Å². The summed E-state index contributed by atoms with van der Waals surface area (Å²) in [5, 5.41) is 10.5. The van der Waals surface area contributed by atoms with Crippen molar-refractivity contribution < 1.29 is 14.6 Å². The van der Waals surface area contributed by atoms with Crippen LogP contribution in [0.3, 0.4) is 0 Å². The Morgan fingerprint density at radius 1 is 1.64 bits per heavy atom. The van der Waals surface area contributed by atoms with E-state index in [1.165, 1.54) is 0 Å². The molecule has 14 heavy (non-hydrogen) atoms. The Balaban J connectivity index is 2.25. The molecule has 0 saturated carbocycles. The summed E-state index contributed by atoms with van der Waals surface area (Å²) >= 11 is 3.19. The topological polar surface area (TPSA) is 71.5 Å². The van der Waals surface area contributed by atoms with Gasteiger partial charge in [-0.15, -0.1) is 0 Å². The lowest BCUT2D eigenvalue weighted by Gasteiger charge is -2.04. The molecule has 0 saturated heterocycles. The number of amides is 1. The van der Waals surface area contributed by atoms with Gasteiger partial charge in [0.15, 0.2) is 0 Å². The maximum Gasteiger partial charge on any atom is 0.404 e. The second-order valence-corrected chi connectivity index (χ2v) is 3.21. The van der Waals surface area contributed by atoms with Crippen molar-refractivity contribution in [2.75, 3.05) is 13.2 Å². The SMILES string of the molecule is O=C(O)NCCOc1ccc(Br)nc1. The van der Waals surface area contributed by atoms with E-state index >= 15 is 0 Å². The Labute approximate surface area is 89.2 Å². The van der Waals surface area contributed by atoms with E-state index in [-0.39, 0.29) is 13.2 Å². The molecule has 5 nitrogen and oxygen atoms in total. The largest absolute Gasteiger partial charge is 0.490 e. The number of pyridine rings is 1. The van der Waals surface area contributed by atoms with Crippen LogP contribution in [0, 0.1) is 0 Å². The molecule has 0 aliphatic heterocycles. The summed E-state index contributed by atoms with van der Waals surface area (Å²) in [7, 11) is 0. The molecule has 1 heterocycles. The molecule has 0 aliphatic rings. The summed E-state index contributed by atoms with van der Waals surface area (Å²) in [4.78, 5) is 14.0. The Kier molecular flexibility index (Phi) is 4.18. The van der Waals surface area contributed by atoms with Crippen LogP contribution in [0.25, 0.3) is 0 Å². The molecule has 0 radical (unpaired) electrons. The number of hydrogen-bond donors (Lipinski definition) is 2. The zero-order valence-corrected chi connectivity index (χ0v) is 8.82. The highest BCUT2D eigenvalue weighted by molar-refractivity contribution is 9.10. The van der Waals surface area contributed by atoms with Crippen LogP contribution >= 0.6 is 15.9 Å². The molecule has 6 heteroatoms. The van der Waals surface area contributed by atoms with Gasteiger partial charge in [-0.3, -0.25) is 0 Å². The zero-order valence-electron chi connectivity index (χ0n) is 7.24. The highest BCUT2D eigenvalue weighted by Crippen LogP contribution is 2.11. The second-order valence-electron chi connectivity index (χ2n) is 2.40. The molecular weight excluding hydrogens is 252 g/mol. The Morgan fingerprint density at radius 2 is 2.43 bits per heavy atom. The second kappa shape index (κ2) is 5.43. The lowest BCUT2D eigenvalue weighted by molar-refractivity contribution is 0.191. The third-order valence-corrected chi connectivity index (χ3v) is 1.82. The maximum absolute atomic E-state index is 10.1. The summed E-state index contributed by atoms with van der Waals surface area (Å²) in [5.41, 5.74) is 0. The average molecular weight is 261 g/mol. The quantitative estimate of drug-likeness (QED) is 0.636. The molecule has 1 aromatic rings. The third-order valence-electron chi connectivity index (χ3n) is 1.35. The van der Waals surface area contributed by atoms with E-state index in [2.05, 4.69) is 26.2 Å². The number of aromatic nitrogens is 1. The molecule has 1 aromatic heterocycles. The first-order valence-electron chi connectivity index (χ1n) is 3.89. The van der Waals surface area contributed by atoms with Crippen molar-refractivity contribution in [3.8, 4) is 5.75 Å². The number of carbonyl (C=O) groups is 1. The van der Waals surface area contributed by atoms with Crippen LogP contribution in [0.1, 0.15) is 0 Å². The lowest BCUT2D eigenvalue weighted by atomic mass is 10.5. The van der Waals surface area contributed by atoms with E-state index < -0.39 is 6.09 Å². The van der Waals surface area contributed by atoms with E-state index in [9.17, 15) is 4.79 Å². The Morgan fingerprint density at radius 3 is 3.00 bits per heavy atom. The first-order chi connectivity index (χ1) is 6.68. The van der Waals surface area contributed by atoms with Crippen molar-refractivity contribution in [1.82, 2.24) is 10.3 Å². The van der Waals surface area contributed by atoms with Gasteiger partial charge in [-0.05, 0) is 28.1 Å². The smallest absolute Gasteiger partial charge is 0.404 e. The van der Waals surface area contributed by atoms with Crippen LogP contribution in [0.4, 0.5) is 4.79 Å². The fraction of sp³-hybridized carbons (Fsp3) is 0.250. The number of carboxylic acid groups (broad SMARTS) is 1. The van der Waals surface area contributed by atoms with Crippen molar-refractivity contribution in [2.45, 2.75) is 0 Å². The third kappa shape index (κ3) is 4.08. The fourth-order valence-corrected chi connectivity index (χ4v) is 1.01. The minimum atomic E-state index is -1.05. The van der Waals surface area contributed by atoms with Gasteiger partial charge in [0.2, 0.25) is 0 Å². The molecule has 76 valence electrons. The zero-order chi connectivity index (χ0) is 10.4. The van der Waals surface area contributed by atoms with Gasteiger partial charge in [-0.2, -0.15) is 0 Å². The Hall–Kier alpha value is -1.30. The fourth-order valence-electron chi connectivity index (χ4n) is 0.774. The van der Waals surface area contributed by atoms with Gasteiger partial charge in [0, 0.05) is 0 Å². The number of ether oxygens (including phenoxy) is 1. The van der Waals surface area contributed by atoms with Crippen molar-refractivity contribution >= 4 is 22.0 Å². The van der Waals surface area contributed by atoms with E-state index in [1.807, 2.05) is 0 Å². The molecule has 0 atom stereocenters. The predicted molar refractivity (Wildman–Crippen MR) is 53.5 cm³/mol. The first-order valence-corrected chi connectivity index (χ1v) is 4.69. The Bertz CT molecular complexity index is 302. The van der Waals surface area contributed by atoms with Gasteiger partial charge in [-0.25, -0.2) is 9.78 Å². The van der Waals surface area contributed by atoms with Crippen molar-refractivity contribution in [1.29, 1.82) is 0 Å². The molecule has 0 bridgehead atoms. The van der Waals surface area contributed by atoms with E-state index in [0.717, 1.165) is 4.60 Å². The number of hydrogen-bond acceptors (Lipinski definition) is 3. The molecule has 1 amide bonds. The van der Waals surface area contributed by atoms with Crippen LogP contribution in [0.15, 0.2) is 22.9 Å². The van der Waals surface area contributed by atoms with Crippen LogP contribution in [-0.4, -0.2) is 29.3 Å². The van der Waals surface area contributed by atoms with Gasteiger partial charge in [0.25, 0.3) is 0 Å². The lowest BCUT2D eigenvalue weighted by Crippen LogP contribution is -2.26. The average Bonchev–Trinajstić information content (AvgIpc) is 2.15. The number of rotatable bonds is 4. The van der Waals surface area contributed by atoms with E-state index in [0.29, 0.717) is 5.75 Å². The summed E-state index contributed by atoms with van der Waals surface area (Å²) in [6.45, 7) is 0.543. The summed E-state index contributed by atoms with van der Waals surface area (Å²) in [6, 6.07) is 3.50.